The van der Waals surface area contributed by atoms with Gasteiger partial charge in [0, 0.05) is 30.8 Å². The quantitative estimate of drug-likeness (QED) is 0.260. The first kappa shape index (κ1) is 35.0. The topological polar surface area (TPSA) is 124 Å². The number of ether oxygens (including phenoxy) is 4. The molecular weight excluding hydrogens is 605 g/mol. The van der Waals surface area contributed by atoms with Gasteiger partial charge in [-0.25, -0.2) is 12.8 Å². The van der Waals surface area contributed by atoms with E-state index in [1.54, 1.807) is 12.1 Å². The summed E-state index contributed by atoms with van der Waals surface area (Å²) in [5, 5.41) is 2.79. The Kier molecular flexibility index (Phi) is 12.0. The van der Waals surface area contributed by atoms with Gasteiger partial charge in [0.1, 0.15) is 29.9 Å². The molecule has 0 saturated heterocycles. The Balaban J connectivity index is 2.17. The molecule has 1 atom stereocenters. The summed E-state index contributed by atoms with van der Waals surface area (Å²) in [4.78, 5) is 28.3. The molecule has 0 spiro atoms. The predicted molar refractivity (Wildman–Crippen MR) is 168 cm³/mol. The fourth-order valence-electron chi connectivity index (χ4n) is 4.45. The highest BCUT2D eigenvalue weighted by Gasteiger charge is 2.35. The van der Waals surface area contributed by atoms with Gasteiger partial charge in [-0.15, -0.1) is 0 Å². The van der Waals surface area contributed by atoms with Crippen LogP contribution in [0, 0.1) is 11.7 Å². The van der Waals surface area contributed by atoms with Crippen LogP contribution in [0.15, 0.2) is 65.6 Å². The van der Waals surface area contributed by atoms with Gasteiger partial charge in [0.05, 0.1) is 39.0 Å². The standard InChI is InChI=1S/C32H40FN3O8S/c1-21(2)18-34-32(38)22(3)35(19-23-10-8-9-11-26(23)33)31(37)20-36(27-16-24(41-4)12-14-28(27)42-5)45(39,40)25-13-15-29(43-6)30(17-25)44-7/h8-17,21-22H,18-20H2,1-7H3,(H,34,38)/t22-/m0/s1. The van der Waals surface area contributed by atoms with E-state index in [1.807, 2.05) is 13.8 Å². The summed E-state index contributed by atoms with van der Waals surface area (Å²) in [5.74, 6) is -0.782. The molecule has 1 N–H and O–H groups in total. The maximum Gasteiger partial charge on any atom is 0.265 e. The van der Waals surface area contributed by atoms with E-state index >= 15 is 0 Å². The van der Waals surface area contributed by atoms with Gasteiger partial charge in [-0.05, 0) is 43.2 Å². The van der Waals surface area contributed by atoms with E-state index < -0.39 is 40.2 Å². The third kappa shape index (κ3) is 8.35. The number of hydrogen-bond acceptors (Lipinski definition) is 8. The molecule has 45 heavy (non-hydrogen) atoms. The molecule has 3 aromatic carbocycles. The van der Waals surface area contributed by atoms with Gasteiger partial charge in [-0.1, -0.05) is 32.0 Å². The lowest BCUT2D eigenvalue weighted by molar-refractivity contribution is -0.139. The summed E-state index contributed by atoms with van der Waals surface area (Å²) >= 11 is 0. The zero-order valence-corrected chi connectivity index (χ0v) is 27.3. The van der Waals surface area contributed by atoms with Crippen molar-refractivity contribution in [3.8, 4) is 23.0 Å². The Morgan fingerprint density at radius 3 is 2.09 bits per heavy atom. The molecule has 2 amide bonds. The Morgan fingerprint density at radius 2 is 1.49 bits per heavy atom. The molecule has 0 fully saturated rings. The average molecular weight is 646 g/mol. The summed E-state index contributed by atoms with van der Waals surface area (Å²) in [6.07, 6.45) is 0. The van der Waals surface area contributed by atoms with Gasteiger partial charge in [0.25, 0.3) is 10.0 Å². The second-order valence-electron chi connectivity index (χ2n) is 10.5. The minimum atomic E-state index is -4.51. The highest BCUT2D eigenvalue weighted by molar-refractivity contribution is 7.92. The second-order valence-corrected chi connectivity index (χ2v) is 12.4. The summed E-state index contributed by atoms with van der Waals surface area (Å²) in [7, 11) is 1.05. The van der Waals surface area contributed by atoms with Crippen LogP contribution in [-0.2, 0) is 26.2 Å². The van der Waals surface area contributed by atoms with E-state index in [1.165, 1.54) is 83.9 Å². The number of sulfonamides is 1. The first-order valence-corrected chi connectivity index (χ1v) is 15.6. The first-order chi connectivity index (χ1) is 21.4. The number of rotatable bonds is 15. The van der Waals surface area contributed by atoms with Crippen LogP contribution in [0.25, 0.3) is 0 Å². The highest BCUT2D eigenvalue weighted by Crippen LogP contribution is 2.37. The molecule has 244 valence electrons. The van der Waals surface area contributed by atoms with Crippen molar-refractivity contribution in [2.75, 3.05) is 45.8 Å². The fourth-order valence-corrected chi connectivity index (χ4v) is 5.89. The van der Waals surface area contributed by atoms with E-state index in [0.717, 1.165) is 9.21 Å². The third-order valence-corrected chi connectivity index (χ3v) is 8.78. The summed E-state index contributed by atoms with van der Waals surface area (Å²) in [6.45, 7) is 4.65. The van der Waals surface area contributed by atoms with E-state index in [-0.39, 0.29) is 40.1 Å². The maximum absolute atomic E-state index is 14.8. The van der Waals surface area contributed by atoms with Gasteiger partial charge >= 0.3 is 0 Å². The molecule has 0 aliphatic rings. The van der Waals surface area contributed by atoms with Crippen molar-refractivity contribution in [3.63, 3.8) is 0 Å². The third-order valence-electron chi connectivity index (χ3n) is 7.03. The zero-order chi connectivity index (χ0) is 33.3. The molecule has 0 heterocycles. The molecule has 0 radical (unpaired) electrons. The van der Waals surface area contributed by atoms with Gasteiger partial charge in [-0.3, -0.25) is 13.9 Å². The number of halogens is 1. The number of nitrogens with zero attached hydrogens (tertiary/aromatic N) is 2. The van der Waals surface area contributed by atoms with Crippen molar-refractivity contribution in [2.45, 2.75) is 38.3 Å². The van der Waals surface area contributed by atoms with E-state index in [4.69, 9.17) is 18.9 Å². The minimum Gasteiger partial charge on any atom is -0.497 e. The van der Waals surface area contributed by atoms with Crippen molar-refractivity contribution in [1.29, 1.82) is 0 Å². The van der Waals surface area contributed by atoms with Crippen LogP contribution < -0.4 is 28.6 Å². The van der Waals surface area contributed by atoms with Crippen LogP contribution >= 0.6 is 0 Å². The summed E-state index contributed by atoms with van der Waals surface area (Å²) in [5.41, 5.74) is 0.158. The normalized spacial score (nSPS) is 11.8. The molecule has 3 aromatic rings. The number of anilines is 1. The molecule has 0 unspecified atom stereocenters. The van der Waals surface area contributed by atoms with Crippen molar-refractivity contribution < 1.29 is 41.3 Å². The van der Waals surface area contributed by atoms with Crippen molar-refractivity contribution in [3.05, 3.63) is 72.0 Å². The van der Waals surface area contributed by atoms with E-state index in [0.29, 0.717) is 18.0 Å². The van der Waals surface area contributed by atoms with Crippen molar-refractivity contribution in [2.24, 2.45) is 5.92 Å². The van der Waals surface area contributed by atoms with Crippen molar-refractivity contribution in [1.82, 2.24) is 10.2 Å². The molecule has 3 rings (SSSR count). The Morgan fingerprint density at radius 1 is 0.844 bits per heavy atom. The van der Waals surface area contributed by atoms with Crippen LogP contribution in [0.3, 0.4) is 0 Å². The summed E-state index contributed by atoms with van der Waals surface area (Å²) < 4.78 is 65.8. The Labute approximate surface area is 263 Å². The molecule has 13 heteroatoms. The van der Waals surface area contributed by atoms with E-state index in [2.05, 4.69) is 5.32 Å². The number of methoxy groups -OCH3 is 4. The smallest absolute Gasteiger partial charge is 0.265 e. The van der Waals surface area contributed by atoms with Gasteiger partial charge in [0.2, 0.25) is 11.8 Å². The Bertz CT molecular complexity index is 1600. The van der Waals surface area contributed by atoms with Crippen LogP contribution in [0.2, 0.25) is 0 Å². The minimum absolute atomic E-state index is 0.00254. The maximum atomic E-state index is 14.8. The largest absolute Gasteiger partial charge is 0.497 e. The fraction of sp³-hybridized carbons (Fsp3) is 0.375. The van der Waals surface area contributed by atoms with Gasteiger partial charge in [0.15, 0.2) is 11.5 Å². The predicted octanol–water partition coefficient (Wildman–Crippen LogP) is 4.24. The molecule has 0 bridgehead atoms. The van der Waals surface area contributed by atoms with Crippen LogP contribution in [0.5, 0.6) is 23.0 Å². The van der Waals surface area contributed by atoms with Gasteiger partial charge in [-0.2, -0.15) is 0 Å². The van der Waals surface area contributed by atoms with E-state index in [9.17, 15) is 22.4 Å². The monoisotopic (exact) mass is 645 g/mol. The lowest BCUT2D eigenvalue weighted by Crippen LogP contribution is -2.51. The number of hydrogen-bond donors (Lipinski definition) is 1. The molecule has 0 aromatic heterocycles. The number of carbonyl (C=O) groups excluding carboxylic acids is 2. The molecule has 0 aliphatic carbocycles. The molecular formula is C32H40FN3O8S. The number of nitrogens with one attached hydrogen (secondary N) is 1. The highest BCUT2D eigenvalue weighted by atomic mass is 32.2. The molecule has 0 saturated carbocycles. The number of amides is 2. The van der Waals surface area contributed by atoms with Crippen LogP contribution in [-0.4, -0.2) is 72.7 Å². The lowest BCUT2D eigenvalue weighted by Gasteiger charge is -2.32. The molecule has 0 aliphatic heterocycles. The first-order valence-electron chi connectivity index (χ1n) is 14.1. The van der Waals surface area contributed by atoms with Crippen LogP contribution in [0.4, 0.5) is 10.1 Å². The summed E-state index contributed by atoms with van der Waals surface area (Å²) in [6, 6.07) is 13.3. The van der Waals surface area contributed by atoms with Crippen molar-refractivity contribution >= 4 is 27.5 Å². The SMILES string of the molecule is COc1ccc(OC)c(N(CC(=O)N(Cc2ccccc2F)[C@@H](C)C(=O)NCC(C)C)S(=O)(=O)c2ccc(OC)c(OC)c2)c1. The van der Waals surface area contributed by atoms with Gasteiger partial charge < -0.3 is 29.2 Å². The molecule has 11 nitrogen and oxygen atoms in total. The average Bonchev–Trinajstić information content (AvgIpc) is 3.04. The zero-order valence-electron chi connectivity index (χ0n) is 26.5. The Hall–Kier alpha value is -4.52. The number of benzene rings is 3. The number of carbonyl (C=O) groups is 2. The lowest BCUT2D eigenvalue weighted by atomic mass is 10.1. The van der Waals surface area contributed by atoms with Crippen LogP contribution in [0.1, 0.15) is 26.3 Å². The second kappa shape index (κ2) is 15.5.